The van der Waals surface area contributed by atoms with E-state index in [2.05, 4.69) is 53.6 Å². The second kappa shape index (κ2) is 4.42. The molecule has 0 bridgehead atoms. The van der Waals surface area contributed by atoms with Gasteiger partial charge in [-0.15, -0.1) is 0 Å². The number of halogens is 1. The first-order valence-corrected chi connectivity index (χ1v) is 6.78. The van der Waals surface area contributed by atoms with Crippen LogP contribution >= 0.6 is 15.9 Å². The van der Waals surface area contributed by atoms with Gasteiger partial charge < -0.3 is 4.57 Å². The van der Waals surface area contributed by atoms with Crippen LogP contribution in [0.4, 0.5) is 0 Å². The highest BCUT2D eigenvalue weighted by molar-refractivity contribution is 9.10. The number of imidazole rings is 1. The molecule has 5 heteroatoms. The van der Waals surface area contributed by atoms with E-state index in [0.717, 1.165) is 33.8 Å². The van der Waals surface area contributed by atoms with Gasteiger partial charge in [-0.05, 0) is 48.0 Å². The van der Waals surface area contributed by atoms with Crippen molar-refractivity contribution in [2.24, 2.45) is 7.05 Å². The van der Waals surface area contributed by atoms with E-state index in [1.165, 1.54) is 0 Å². The molecule has 2 aromatic heterocycles. The number of fused-ring (bicyclic) bond motifs is 1. The van der Waals surface area contributed by atoms with Crippen LogP contribution in [0.5, 0.6) is 0 Å². The predicted molar refractivity (Wildman–Crippen MR) is 78.9 cm³/mol. The van der Waals surface area contributed by atoms with Crippen LogP contribution in [-0.2, 0) is 7.05 Å². The summed E-state index contributed by atoms with van der Waals surface area (Å²) in [6.45, 7) is 3.96. The van der Waals surface area contributed by atoms with Crippen LogP contribution in [-0.4, -0.2) is 19.5 Å². The maximum absolute atomic E-state index is 4.55. The van der Waals surface area contributed by atoms with Crippen LogP contribution in [0.1, 0.15) is 11.5 Å². The van der Waals surface area contributed by atoms with Gasteiger partial charge in [-0.1, -0.05) is 6.07 Å². The van der Waals surface area contributed by atoms with Crippen LogP contribution in [0.25, 0.3) is 22.3 Å². The third kappa shape index (κ3) is 2.14. The van der Waals surface area contributed by atoms with Gasteiger partial charge in [0.1, 0.15) is 5.82 Å². The van der Waals surface area contributed by atoms with Gasteiger partial charge in [0.05, 0.1) is 16.7 Å². The molecule has 0 spiro atoms. The van der Waals surface area contributed by atoms with E-state index in [4.69, 9.17) is 0 Å². The maximum atomic E-state index is 4.55. The van der Waals surface area contributed by atoms with Crippen molar-refractivity contribution < 1.29 is 0 Å². The monoisotopic (exact) mass is 316 g/mol. The van der Waals surface area contributed by atoms with Crippen LogP contribution in [0, 0.1) is 13.8 Å². The molecule has 0 amide bonds. The molecule has 0 fully saturated rings. The molecule has 0 saturated carbocycles. The molecule has 0 aliphatic heterocycles. The molecule has 0 radical (unpaired) electrons. The normalized spacial score (nSPS) is 11.2. The smallest absolute Gasteiger partial charge is 0.197 e. The standard InChI is InChI=1S/C14H13BrN4/c1-8-6-11(18-14(15)16-8)10-4-5-13-12(7-10)17-9(2)19(13)3/h4-7H,1-3H3. The van der Waals surface area contributed by atoms with Gasteiger partial charge >= 0.3 is 0 Å². The molecule has 0 aliphatic carbocycles. The average Bonchev–Trinajstić information content (AvgIpc) is 2.63. The zero-order chi connectivity index (χ0) is 13.6. The Morgan fingerprint density at radius 1 is 1.05 bits per heavy atom. The summed E-state index contributed by atoms with van der Waals surface area (Å²) in [5.74, 6) is 1.01. The van der Waals surface area contributed by atoms with Crippen molar-refractivity contribution in [3.8, 4) is 11.3 Å². The van der Waals surface area contributed by atoms with Crippen LogP contribution < -0.4 is 0 Å². The molecule has 1 aromatic carbocycles. The fraction of sp³-hybridized carbons (Fsp3) is 0.214. The van der Waals surface area contributed by atoms with E-state index in [1.54, 1.807) is 0 Å². The minimum absolute atomic E-state index is 0.611. The Labute approximate surface area is 119 Å². The molecule has 3 aromatic rings. The van der Waals surface area contributed by atoms with E-state index in [-0.39, 0.29) is 0 Å². The summed E-state index contributed by atoms with van der Waals surface area (Å²) in [5.41, 5.74) is 5.02. The summed E-state index contributed by atoms with van der Waals surface area (Å²) in [6.07, 6.45) is 0. The van der Waals surface area contributed by atoms with E-state index in [9.17, 15) is 0 Å². The highest BCUT2D eigenvalue weighted by Gasteiger charge is 2.08. The second-order valence-corrected chi connectivity index (χ2v) is 5.29. The molecule has 2 heterocycles. The Kier molecular flexibility index (Phi) is 2.86. The lowest BCUT2D eigenvalue weighted by atomic mass is 10.1. The Hall–Kier alpha value is -1.75. The molecule has 0 unspecified atom stereocenters. The average molecular weight is 317 g/mol. The van der Waals surface area contributed by atoms with Gasteiger partial charge in [-0.25, -0.2) is 15.0 Å². The predicted octanol–water partition coefficient (Wildman–Crippen LogP) is 3.41. The SMILES string of the molecule is Cc1cc(-c2ccc3c(c2)nc(C)n3C)nc(Br)n1. The Bertz CT molecular complexity index is 756. The lowest BCUT2D eigenvalue weighted by Crippen LogP contribution is -1.92. The molecule has 4 nitrogen and oxygen atoms in total. The van der Waals surface area contributed by atoms with Crippen LogP contribution in [0.2, 0.25) is 0 Å². The molecule has 19 heavy (non-hydrogen) atoms. The minimum Gasteiger partial charge on any atom is -0.331 e. The third-order valence-corrected chi connectivity index (χ3v) is 3.58. The topological polar surface area (TPSA) is 43.6 Å². The maximum Gasteiger partial charge on any atom is 0.197 e. The number of benzene rings is 1. The first-order valence-electron chi connectivity index (χ1n) is 5.99. The number of hydrogen-bond donors (Lipinski definition) is 0. The van der Waals surface area contributed by atoms with Crippen molar-refractivity contribution in [3.63, 3.8) is 0 Å². The van der Waals surface area contributed by atoms with Crippen molar-refractivity contribution in [3.05, 3.63) is 40.5 Å². The second-order valence-electron chi connectivity index (χ2n) is 4.59. The molecular formula is C14H13BrN4. The first kappa shape index (κ1) is 12.3. The zero-order valence-corrected chi connectivity index (χ0v) is 12.6. The number of aryl methyl sites for hydroxylation is 3. The minimum atomic E-state index is 0.611. The highest BCUT2D eigenvalue weighted by Crippen LogP contribution is 2.24. The van der Waals surface area contributed by atoms with Crippen LogP contribution in [0.15, 0.2) is 29.0 Å². The van der Waals surface area contributed by atoms with E-state index < -0.39 is 0 Å². The summed E-state index contributed by atoms with van der Waals surface area (Å²) >= 11 is 3.33. The quantitative estimate of drug-likeness (QED) is 0.646. The van der Waals surface area contributed by atoms with Gasteiger partial charge in [0, 0.05) is 18.3 Å². The molecular weight excluding hydrogens is 304 g/mol. The summed E-state index contributed by atoms with van der Waals surface area (Å²) in [7, 11) is 2.02. The van der Waals surface area contributed by atoms with Gasteiger partial charge in [0.2, 0.25) is 0 Å². The molecule has 0 saturated heterocycles. The van der Waals surface area contributed by atoms with Crippen molar-refractivity contribution in [1.82, 2.24) is 19.5 Å². The van der Waals surface area contributed by atoms with Crippen LogP contribution in [0.3, 0.4) is 0 Å². The fourth-order valence-electron chi connectivity index (χ4n) is 2.16. The molecule has 3 rings (SSSR count). The summed E-state index contributed by atoms with van der Waals surface area (Å²) in [6, 6.07) is 8.19. The van der Waals surface area contributed by atoms with Gasteiger partial charge in [0.15, 0.2) is 4.73 Å². The first-order chi connectivity index (χ1) is 9.04. The Morgan fingerprint density at radius 2 is 1.84 bits per heavy atom. The Morgan fingerprint density at radius 3 is 2.58 bits per heavy atom. The van der Waals surface area contributed by atoms with E-state index in [0.29, 0.717) is 4.73 Å². The van der Waals surface area contributed by atoms with Crippen molar-refractivity contribution in [2.75, 3.05) is 0 Å². The number of nitrogens with zero attached hydrogens (tertiary/aromatic N) is 4. The van der Waals surface area contributed by atoms with Crippen molar-refractivity contribution in [2.45, 2.75) is 13.8 Å². The molecule has 0 aliphatic rings. The van der Waals surface area contributed by atoms with E-state index in [1.807, 2.05) is 27.0 Å². The lowest BCUT2D eigenvalue weighted by molar-refractivity contribution is 0.886. The molecule has 0 N–H and O–H groups in total. The number of aromatic nitrogens is 4. The zero-order valence-electron chi connectivity index (χ0n) is 11.0. The van der Waals surface area contributed by atoms with Crippen molar-refractivity contribution in [1.29, 1.82) is 0 Å². The van der Waals surface area contributed by atoms with E-state index >= 15 is 0 Å². The Balaban J connectivity index is 2.20. The molecule has 0 atom stereocenters. The number of rotatable bonds is 1. The summed E-state index contributed by atoms with van der Waals surface area (Å²) < 4.78 is 2.69. The van der Waals surface area contributed by atoms with Gasteiger partial charge in [-0.3, -0.25) is 0 Å². The van der Waals surface area contributed by atoms with Crippen molar-refractivity contribution >= 4 is 27.0 Å². The number of hydrogen-bond acceptors (Lipinski definition) is 3. The summed E-state index contributed by atoms with van der Waals surface area (Å²) in [5, 5.41) is 0. The summed E-state index contributed by atoms with van der Waals surface area (Å²) in [4.78, 5) is 13.2. The lowest BCUT2D eigenvalue weighted by Gasteiger charge is -2.03. The highest BCUT2D eigenvalue weighted by atomic mass is 79.9. The largest absolute Gasteiger partial charge is 0.331 e. The molecule has 96 valence electrons. The third-order valence-electron chi connectivity index (χ3n) is 3.23. The van der Waals surface area contributed by atoms with Gasteiger partial charge in [0.25, 0.3) is 0 Å². The van der Waals surface area contributed by atoms with Gasteiger partial charge in [-0.2, -0.15) is 0 Å². The fourth-order valence-corrected chi connectivity index (χ4v) is 2.63.